The summed E-state index contributed by atoms with van der Waals surface area (Å²) in [6.45, 7) is 0.800. The number of halogens is 1. The van der Waals surface area contributed by atoms with Crippen molar-refractivity contribution in [3.05, 3.63) is 29.2 Å². The Balaban J connectivity index is 2.01. The summed E-state index contributed by atoms with van der Waals surface area (Å²) in [5.74, 6) is 0.743. The molecule has 1 saturated heterocycles. The molecule has 2 aromatic rings. The molecule has 84 valence electrons. The largest absolute Gasteiger partial charge is 0.370 e. The topological polar surface area (TPSA) is 39.4 Å². The van der Waals surface area contributed by atoms with E-state index in [1.54, 1.807) is 10.6 Å². The molecule has 0 aliphatic carbocycles. The van der Waals surface area contributed by atoms with Crippen molar-refractivity contribution in [1.29, 1.82) is 0 Å². The zero-order chi connectivity index (χ0) is 11.0. The summed E-state index contributed by atoms with van der Waals surface area (Å²) < 4.78 is 7.30. The van der Waals surface area contributed by atoms with Crippen molar-refractivity contribution in [3.63, 3.8) is 0 Å². The van der Waals surface area contributed by atoms with Crippen LogP contribution in [0.5, 0.6) is 0 Å². The number of ether oxygens (including phenoxy) is 1. The molecule has 1 fully saturated rings. The van der Waals surface area contributed by atoms with Gasteiger partial charge >= 0.3 is 0 Å². The molecule has 5 heteroatoms. The van der Waals surface area contributed by atoms with E-state index >= 15 is 0 Å². The maximum absolute atomic E-state index is 6.03. The SMILES string of the molecule is Clc1cccc2nc(C3CCCCO3)nn12. The van der Waals surface area contributed by atoms with Gasteiger partial charge in [0, 0.05) is 6.61 Å². The predicted octanol–water partition coefficient (Wildman–Crippen LogP) is 2.62. The highest BCUT2D eigenvalue weighted by atomic mass is 35.5. The Labute approximate surface area is 98.2 Å². The first-order valence-corrected chi connectivity index (χ1v) is 5.85. The summed E-state index contributed by atoms with van der Waals surface area (Å²) >= 11 is 6.03. The quantitative estimate of drug-likeness (QED) is 0.716. The van der Waals surface area contributed by atoms with Crippen LogP contribution in [-0.2, 0) is 4.74 Å². The van der Waals surface area contributed by atoms with E-state index in [1.165, 1.54) is 6.42 Å². The molecule has 4 nitrogen and oxygen atoms in total. The molecule has 3 rings (SSSR count). The molecule has 0 saturated carbocycles. The second-order valence-electron chi connectivity index (χ2n) is 3.94. The van der Waals surface area contributed by atoms with Crippen molar-refractivity contribution in [2.45, 2.75) is 25.4 Å². The number of aromatic nitrogens is 3. The van der Waals surface area contributed by atoms with Crippen LogP contribution in [0.3, 0.4) is 0 Å². The number of hydrogen-bond acceptors (Lipinski definition) is 3. The van der Waals surface area contributed by atoms with E-state index in [9.17, 15) is 0 Å². The lowest BCUT2D eigenvalue weighted by atomic mass is 10.1. The summed E-state index contributed by atoms with van der Waals surface area (Å²) in [7, 11) is 0. The smallest absolute Gasteiger partial charge is 0.180 e. The Morgan fingerprint density at radius 2 is 2.31 bits per heavy atom. The van der Waals surface area contributed by atoms with E-state index in [1.807, 2.05) is 12.1 Å². The van der Waals surface area contributed by atoms with Gasteiger partial charge in [0.05, 0.1) is 0 Å². The molecule has 2 aromatic heterocycles. The van der Waals surface area contributed by atoms with E-state index in [0.29, 0.717) is 5.15 Å². The predicted molar refractivity (Wildman–Crippen MR) is 60.5 cm³/mol. The number of nitrogens with zero attached hydrogens (tertiary/aromatic N) is 3. The zero-order valence-electron chi connectivity index (χ0n) is 8.77. The highest BCUT2D eigenvalue weighted by molar-refractivity contribution is 6.29. The maximum atomic E-state index is 6.03. The summed E-state index contributed by atoms with van der Waals surface area (Å²) in [6, 6.07) is 5.57. The van der Waals surface area contributed by atoms with Gasteiger partial charge in [-0.15, -0.1) is 5.10 Å². The van der Waals surface area contributed by atoms with Gasteiger partial charge in [-0.05, 0) is 31.4 Å². The van der Waals surface area contributed by atoms with Gasteiger partial charge in [0.1, 0.15) is 11.3 Å². The van der Waals surface area contributed by atoms with Gasteiger partial charge in [-0.1, -0.05) is 17.7 Å². The van der Waals surface area contributed by atoms with Crippen LogP contribution in [0.25, 0.3) is 5.65 Å². The minimum atomic E-state index is 0.0321. The van der Waals surface area contributed by atoms with Crippen molar-refractivity contribution in [2.75, 3.05) is 6.61 Å². The number of fused-ring (bicyclic) bond motifs is 1. The molecule has 0 radical (unpaired) electrons. The van der Waals surface area contributed by atoms with Crippen molar-refractivity contribution in [3.8, 4) is 0 Å². The minimum Gasteiger partial charge on any atom is -0.370 e. The first-order chi connectivity index (χ1) is 7.84. The van der Waals surface area contributed by atoms with Crippen molar-refractivity contribution in [1.82, 2.24) is 14.6 Å². The van der Waals surface area contributed by atoms with Crippen LogP contribution >= 0.6 is 11.6 Å². The van der Waals surface area contributed by atoms with E-state index in [4.69, 9.17) is 16.3 Å². The Morgan fingerprint density at radius 3 is 3.06 bits per heavy atom. The van der Waals surface area contributed by atoms with Crippen LogP contribution in [0.4, 0.5) is 0 Å². The van der Waals surface area contributed by atoms with E-state index in [2.05, 4.69) is 10.1 Å². The molecule has 1 atom stereocenters. The molecule has 1 unspecified atom stereocenters. The highest BCUT2D eigenvalue weighted by Crippen LogP contribution is 2.26. The summed E-state index contributed by atoms with van der Waals surface area (Å²) in [4.78, 5) is 4.44. The van der Waals surface area contributed by atoms with Crippen LogP contribution in [-0.4, -0.2) is 21.2 Å². The summed E-state index contributed by atoms with van der Waals surface area (Å²) in [5, 5.41) is 4.96. The van der Waals surface area contributed by atoms with Gasteiger partial charge in [-0.2, -0.15) is 0 Å². The Bertz CT molecular complexity index is 505. The normalized spacial score (nSPS) is 21.4. The Morgan fingerprint density at radius 1 is 1.38 bits per heavy atom. The number of hydrogen-bond donors (Lipinski definition) is 0. The lowest BCUT2D eigenvalue weighted by Gasteiger charge is -2.19. The van der Waals surface area contributed by atoms with Gasteiger partial charge < -0.3 is 4.74 Å². The molecule has 0 spiro atoms. The van der Waals surface area contributed by atoms with Crippen LogP contribution in [0, 0.1) is 0 Å². The fraction of sp³-hybridized carbons (Fsp3) is 0.455. The fourth-order valence-electron chi connectivity index (χ4n) is 1.97. The van der Waals surface area contributed by atoms with Gasteiger partial charge in [0.15, 0.2) is 11.5 Å². The summed E-state index contributed by atoms with van der Waals surface area (Å²) in [6.07, 6.45) is 3.33. The maximum Gasteiger partial charge on any atom is 0.180 e. The van der Waals surface area contributed by atoms with Gasteiger partial charge in [0.2, 0.25) is 0 Å². The molecule has 3 heterocycles. The third kappa shape index (κ3) is 1.68. The standard InChI is InChI=1S/C11H12ClN3O/c12-9-5-3-6-10-13-11(14-15(9)10)8-4-1-2-7-16-8/h3,5-6,8H,1-2,4,7H2. The van der Waals surface area contributed by atoms with Crippen LogP contribution in [0.1, 0.15) is 31.2 Å². The minimum absolute atomic E-state index is 0.0321. The fourth-order valence-corrected chi connectivity index (χ4v) is 2.17. The zero-order valence-corrected chi connectivity index (χ0v) is 9.52. The van der Waals surface area contributed by atoms with Crippen LogP contribution < -0.4 is 0 Å². The van der Waals surface area contributed by atoms with E-state index in [-0.39, 0.29) is 6.10 Å². The molecule has 16 heavy (non-hydrogen) atoms. The molecular formula is C11H12ClN3O. The number of rotatable bonds is 1. The lowest BCUT2D eigenvalue weighted by Crippen LogP contribution is -2.12. The van der Waals surface area contributed by atoms with Crippen molar-refractivity contribution >= 4 is 17.2 Å². The average Bonchev–Trinajstić information content (AvgIpc) is 2.76. The third-order valence-electron chi connectivity index (χ3n) is 2.80. The second-order valence-corrected chi connectivity index (χ2v) is 4.33. The van der Waals surface area contributed by atoms with Crippen molar-refractivity contribution in [2.24, 2.45) is 0 Å². The first kappa shape index (κ1) is 10.1. The van der Waals surface area contributed by atoms with Gasteiger partial charge in [-0.3, -0.25) is 0 Å². The third-order valence-corrected chi connectivity index (χ3v) is 3.08. The lowest BCUT2D eigenvalue weighted by molar-refractivity contribution is 0.00962. The van der Waals surface area contributed by atoms with Crippen LogP contribution in [0.2, 0.25) is 5.15 Å². The van der Waals surface area contributed by atoms with Gasteiger partial charge in [-0.25, -0.2) is 9.50 Å². The molecule has 0 N–H and O–H groups in total. The monoisotopic (exact) mass is 237 g/mol. The molecular weight excluding hydrogens is 226 g/mol. The Kier molecular flexibility index (Phi) is 2.53. The Hall–Kier alpha value is -1.13. The molecule has 1 aliphatic heterocycles. The van der Waals surface area contributed by atoms with Crippen LogP contribution in [0.15, 0.2) is 18.2 Å². The molecule has 0 amide bonds. The highest BCUT2D eigenvalue weighted by Gasteiger charge is 2.20. The molecule has 1 aliphatic rings. The van der Waals surface area contributed by atoms with Gasteiger partial charge in [0.25, 0.3) is 0 Å². The second kappa shape index (κ2) is 4.03. The number of pyridine rings is 1. The first-order valence-electron chi connectivity index (χ1n) is 5.47. The van der Waals surface area contributed by atoms with E-state index in [0.717, 1.165) is 30.9 Å². The van der Waals surface area contributed by atoms with E-state index < -0.39 is 0 Å². The summed E-state index contributed by atoms with van der Waals surface area (Å²) in [5.41, 5.74) is 0.775. The molecule has 0 aromatic carbocycles. The van der Waals surface area contributed by atoms with Crippen molar-refractivity contribution < 1.29 is 4.74 Å². The average molecular weight is 238 g/mol. The molecule has 0 bridgehead atoms.